The summed E-state index contributed by atoms with van der Waals surface area (Å²) in [6.07, 6.45) is 1.51. The number of ether oxygens (including phenoxy) is 1. The van der Waals surface area contributed by atoms with E-state index >= 15 is 0 Å². The van der Waals surface area contributed by atoms with Gasteiger partial charge in [-0.1, -0.05) is 23.7 Å². The van der Waals surface area contributed by atoms with Crippen molar-refractivity contribution in [3.63, 3.8) is 0 Å². The summed E-state index contributed by atoms with van der Waals surface area (Å²) in [4.78, 5) is 11.4. The maximum Gasteiger partial charge on any atom is 0.407 e. The van der Waals surface area contributed by atoms with Gasteiger partial charge in [0.2, 0.25) is 0 Å². The molecule has 86 valence electrons. The summed E-state index contributed by atoms with van der Waals surface area (Å²) in [5.41, 5.74) is 0.796. The van der Waals surface area contributed by atoms with Crippen LogP contribution in [0.5, 0.6) is 0 Å². The summed E-state index contributed by atoms with van der Waals surface area (Å²) >= 11 is 5.93. The Balaban J connectivity index is 2.11. The number of hydrogen-bond acceptors (Lipinski definition) is 2. The Labute approximate surface area is 99.7 Å². The van der Waals surface area contributed by atoms with Gasteiger partial charge in [0.05, 0.1) is 12.1 Å². The van der Waals surface area contributed by atoms with Gasteiger partial charge < -0.3 is 10.1 Å². The van der Waals surface area contributed by atoms with Crippen LogP contribution in [0.1, 0.15) is 25.3 Å². The van der Waals surface area contributed by atoms with Crippen LogP contribution in [0.2, 0.25) is 5.02 Å². The standard InChI is InChI=1S/C12H14ClNO2/c1-2-16-11(15)14-12(6-7-12)9-4-3-5-10(13)8-9/h3-5,8H,2,6-7H2,1H3,(H,14,15). The lowest BCUT2D eigenvalue weighted by molar-refractivity contribution is 0.146. The second kappa shape index (κ2) is 4.34. The number of benzene rings is 1. The van der Waals surface area contributed by atoms with E-state index in [4.69, 9.17) is 16.3 Å². The molecule has 1 aliphatic carbocycles. The minimum absolute atomic E-state index is 0.253. The average Bonchev–Trinajstić information content (AvgIpc) is 2.99. The van der Waals surface area contributed by atoms with Crippen molar-refractivity contribution in [3.05, 3.63) is 34.9 Å². The van der Waals surface area contributed by atoms with Crippen molar-refractivity contribution in [2.45, 2.75) is 25.3 Å². The highest BCUT2D eigenvalue weighted by Gasteiger charge is 2.46. The fourth-order valence-electron chi connectivity index (χ4n) is 1.76. The molecule has 1 fully saturated rings. The largest absolute Gasteiger partial charge is 0.450 e. The molecular weight excluding hydrogens is 226 g/mol. The van der Waals surface area contributed by atoms with Crippen LogP contribution < -0.4 is 5.32 Å². The zero-order chi connectivity index (χ0) is 11.6. The lowest BCUT2D eigenvalue weighted by Crippen LogP contribution is -2.35. The average molecular weight is 240 g/mol. The molecule has 1 N–H and O–H groups in total. The molecule has 0 aromatic heterocycles. The lowest BCUT2D eigenvalue weighted by Gasteiger charge is -2.17. The van der Waals surface area contributed by atoms with Crippen LogP contribution in [0.4, 0.5) is 4.79 Å². The number of carbonyl (C=O) groups excluding carboxylic acids is 1. The zero-order valence-electron chi connectivity index (χ0n) is 9.13. The van der Waals surface area contributed by atoms with Gasteiger partial charge in [-0.05, 0) is 37.5 Å². The maximum absolute atomic E-state index is 11.4. The normalized spacial score (nSPS) is 16.6. The summed E-state index contributed by atoms with van der Waals surface area (Å²) in [6.45, 7) is 2.18. The zero-order valence-corrected chi connectivity index (χ0v) is 9.88. The molecule has 0 saturated heterocycles. The highest BCUT2D eigenvalue weighted by atomic mass is 35.5. The third-order valence-electron chi connectivity index (χ3n) is 2.74. The van der Waals surface area contributed by atoms with Crippen molar-refractivity contribution in [1.29, 1.82) is 0 Å². The van der Waals surface area contributed by atoms with Gasteiger partial charge in [-0.3, -0.25) is 0 Å². The fraction of sp³-hybridized carbons (Fsp3) is 0.417. The van der Waals surface area contributed by atoms with Gasteiger partial charge in [-0.25, -0.2) is 4.79 Å². The van der Waals surface area contributed by atoms with Gasteiger partial charge in [0, 0.05) is 5.02 Å². The topological polar surface area (TPSA) is 38.3 Å². The van der Waals surface area contributed by atoms with Crippen LogP contribution in [-0.4, -0.2) is 12.7 Å². The number of alkyl carbamates (subject to hydrolysis) is 1. The van der Waals surface area contributed by atoms with Crippen molar-refractivity contribution >= 4 is 17.7 Å². The monoisotopic (exact) mass is 239 g/mol. The van der Waals surface area contributed by atoms with Crippen LogP contribution in [0, 0.1) is 0 Å². The van der Waals surface area contributed by atoms with Crippen molar-refractivity contribution in [1.82, 2.24) is 5.32 Å². The molecule has 1 aromatic rings. The number of hydrogen-bond donors (Lipinski definition) is 1. The van der Waals surface area contributed by atoms with Crippen LogP contribution in [-0.2, 0) is 10.3 Å². The molecule has 0 bridgehead atoms. The molecule has 3 nitrogen and oxygen atoms in total. The molecule has 2 rings (SSSR count). The lowest BCUT2D eigenvalue weighted by atomic mass is 10.1. The van der Waals surface area contributed by atoms with Crippen LogP contribution in [0.15, 0.2) is 24.3 Å². The molecule has 1 saturated carbocycles. The number of carbonyl (C=O) groups is 1. The highest BCUT2D eigenvalue weighted by molar-refractivity contribution is 6.30. The Kier molecular flexibility index (Phi) is 3.06. The third-order valence-corrected chi connectivity index (χ3v) is 2.98. The maximum atomic E-state index is 11.4. The van der Waals surface area contributed by atoms with E-state index in [0.29, 0.717) is 11.6 Å². The Morgan fingerprint density at radius 3 is 2.88 bits per heavy atom. The van der Waals surface area contributed by atoms with Crippen molar-refractivity contribution in [2.24, 2.45) is 0 Å². The molecule has 1 aromatic carbocycles. The predicted octanol–water partition coefficient (Wildman–Crippen LogP) is 3.08. The molecule has 0 heterocycles. The van der Waals surface area contributed by atoms with Crippen LogP contribution in [0.3, 0.4) is 0 Å². The number of rotatable bonds is 3. The smallest absolute Gasteiger partial charge is 0.407 e. The van der Waals surface area contributed by atoms with E-state index in [1.54, 1.807) is 6.92 Å². The van der Waals surface area contributed by atoms with Gasteiger partial charge in [0.1, 0.15) is 0 Å². The fourth-order valence-corrected chi connectivity index (χ4v) is 1.95. The third kappa shape index (κ3) is 2.30. The Morgan fingerprint density at radius 1 is 1.56 bits per heavy atom. The Morgan fingerprint density at radius 2 is 2.31 bits per heavy atom. The second-order valence-corrected chi connectivity index (χ2v) is 4.37. The van der Waals surface area contributed by atoms with E-state index in [0.717, 1.165) is 18.4 Å². The first-order chi connectivity index (χ1) is 7.66. The van der Waals surface area contributed by atoms with E-state index in [-0.39, 0.29) is 11.6 Å². The molecule has 1 aliphatic rings. The Bertz CT molecular complexity index is 402. The highest BCUT2D eigenvalue weighted by Crippen LogP contribution is 2.46. The number of halogens is 1. The van der Waals surface area contributed by atoms with Crippen LogP contribution >= 0.6 is 11.6 Å². The molecule has 16 heavy (non-hydrogen) atoms. The van der Waals surface area contributed by atoms with Gasteiger partial charge in [0.15, 0.2) is 0 Å². The summed E-state index contributed by atoms with van der Waals surface area (Å²) in [6, 6.07) is 7.59. The van der Waals surface area contributed by atoms with Gasteiger partial charge in [-0.2, -0.15) is 0 Å². The second-order valence-electron chi connectivity index (χ2n) is 3.94. The van der Waals surface area contributed by atoms with E-state index < -0.39 is 0 Å². The van der Waals surface area contributed by atoms with E-state index in [9.17, 15) is 4.79 Å². The Hall–Kier alpha value is -1.22. The molecule has 0 unspecified atom stereocenters. The van der Waals surface area contributed by atoms with Gasteiger partial charge in [0.25, 0.3) is 0 Å². The first-order valence-corrected chi connectivity index (χ1v) is 5.75. The summed E-state index contributed by atoms with van der Waals surface area (Å²) in [5, 5.41) is 3.58. The summed E-state index contributed by atoms with van der Waals surface area (Å²) < 4.78 is 4.89. The quantitative estimate of drug-likeness (QED) is 0.880. The SMILES string of the molecule is CCOC(=O)NC1(c2cccc(Cl)c2)CC1. The number of nitrogens with one attached hydrogen (secondary N) is 1. The minimum Gasteiger partial charge on any atom is -0.450 e. The molecule has 4 heteroatoms. The minimum atomic E-state index is -0.361. The molecule has 0 radical (unpaired) electrons. The van der Waals surface area contributed by atoms with E-state index in [1.807, 2.05) is 24.3 Å². The molecule has 0 atom stereocenters. The van der Waals surface area contributed by atoms with E-state index in [1.165, 1.54) is 0 Å². The molecule has 0 aliphatic heterocycles. The molecule has 1 amide bonds. The molecular formula is C12H14ClNO2. The van der Waals surface area contributed by atoms with Gasteiger partial charge >= 0.3 is 6.09 Å². The predicted molar refractivity (Wildman–Crippen MR) is 62.5 cm³/mol. The van der Waals surface area contributed by atoms with Crippen LogP contribution in [0.25, 0.3) is 0 Å². The number of amides is 1. The first-order valence-electron chi connectivity index (χ1n) is 5.37. The van der Waals surface area contributed by atoms with Crippen molar-refractivity contribution in [2.75, 3.05) is 6.61 Å². The van der Waals surface area contributed by atoms with E-state index in [2.05, 4.69) is 5.32 Å². The molecule has 0 spiro atoms. The first kappa shape index (κ1) is 11.3. The van der Waals surface area contributed by atoms with Crippen molar-refractivity contribution < 1.29 is 9.53 Å². The summed E-state index contributed by atoms with van der Waals surface area (Å²) in [7, 11) is 0. The summed E-state index contributed by atoms with van der Waals surface area (Å²) in [5.74, 6) is 0. The van der Waals surface area contributed by atoms with Crippen molar-refractivity contribution in [3.8, 4) is 0 Å². The van der Waals surface area contributed by atoms with Gasteiger partial charge in [-0.15, -0.1) is 0 Å².